The van der Waals surface area contributed by atoms with Gasteiger partial charge in [0, 0.05) is 44.4 Å². The summed E-state index contributed by atoms with van der Waals surface area (Å²) in [5.41, 5.74) is 1.26. The zero-order chi connectivity index (χ0) is 19.7. The molecule has 0 radical (unpaired) electrons. The van der Waals surface area contributed by atoms with E-state index in [1.54, 1.807) is 0 Å². The summed E-state index contributed by atoms with van der Waals surface area (Å²) in [6.45, 7) is 8.10. The van der Waals surface area contributed by atoms with Crippen molar-refractivity contribution >= 4 is 11.8 Å². The Morgan fingerprint density at radius 1 is 1.18 bits per heavy atom. The Balaban J connectivity index is 1.26. The first-order valence-corrected chi connectivity index (χ1v) is 10.4. The Bertz CT molecular complexity index is 712. The minimum atomic E-state index is 0.101. The highest BCUT2D eigenvalue weighted by molar-refractivity contribution is 5.81. The molecule has 0 aromatic heterocycles. The second-order valence-corrected chi connectivity index (χ2v) is 8.75. The van der Waals surface area contributed by atoms with Crippen molar-refractivity contribution in [1.82, 2.24) is 9.80 Å². The fraction of sp³-hybridized carbons (Fsp3) is 0.636. The van der Waals surface area contributed by atoms with Crippen molar-refractivity contribution in [2.45, 2.75) is 38.7 Å². The van der Waals surface area contributed by atoms with E-state index in [1.165, 1.54) is 5.56 Å². The van der Waals surface area contributed by atoms with Gasteiger partial charge in [-0.3, -0.25) is 4.79 Å². The molecular formula is C22H30N2O4. The lowest BCUT2D eigenvalue weighted by Crippen LogP contribution is -2.58. The van der Waals surface area contributed by atoms with Crippen molar-refractivity contribution in [2.75, 3.05) is 39.4 Å². The van der Waals surface area contributed by atoms with Crippen LogP contribution in [-0.2, 0) is 9.53 Å². The minimum absolute atomic E-state index is 0.101. The largest absolute Gasteiger partial charge is 0.493 e. The number of ketones is 1. The highest BCUT2D eigenvalue weighted by Gasteiger charge is 2.40. The number of amides is 2. The highest BCUT2D eigenvalue weighted by Crippen LogP contribution is 2.32. The zero-order valence-electron chi connectivity index (χ0n) is 16.8. The monoisotopic (exact) mass is 386 g/mol. The Morgan fingerprint density at radius 2 is 1.93 bits per heavy atom. The van der Waals surface area contributed by atoms with Crippen molar-refractivity contribution in [1.29, 1.82) is 0 Å². The summed E-state index contributed by atoms with van der Waals surface area (Å²) in [5.74, 6) is 2.11. The van der Waals surface area contributed by atoms with E-state index in [2.05, 4.69) is 26.0 Å². The van der Waals surface area contributed by atoms with Gasteiger partial charge in [0.2, 0.25) is 0 Å². The number of nitrogens with zero attached hydrogens (tertiary/aromatic N) is 2. The van der Waals surface area contributed by atoms with Gasteiger partial charge in [-0.1, -0.05) is 26.0 Å². The third-order valence-corrected chi connectivity index (χ3v) is 5.97. The number of urea groups is 1. The fourth-order valence-electron chi connectivity index (χ4n) is 4.30. The number of ether oxygens (including phenoxy) is 2. The molecule has 0 bridgehead atoms. The topological polar surface area (TPSA) is 59.1 Å². The maximum Gasteiger partial charge on any atom is 0.320 e. The van der Waals surface area contributed by atoms with Gasteiger partial charge in [0.1, 0.15) is 12.4 Å². The molecule has 1 aromatic carbocycles. The van der Waals surface area contributed by atoms with Crippen molar-refractivity contribution < 1.29 is 19.1 Å². The summed E-state index contributed by atoms with van der Waals surface area (Å²) in [6, 6.07) is 8.36. The number of likely N-dealkylation sites (tertiary alicyclic amines) is 2. The van der Waals surface area contributed by atoms with Crippen LogP contribution in [0.3, 0.4) is 0 Å². The molecule has 6 heteroatoms. The third kappa shape index (κ3) is 4.17. The van der Waals surface area contributed by atoms with Crippen molar-refractivity contribution in [3.8, 4) is 5.75 Å². The lowest BCUT2D eigenvalue weighted by molar-refractivity contribution is -0.140. The molecule has 152 valence electrons. The Kier molecular flexibility index (Phi) is 5.58. The summed E-state index contributed by atoms with van der Waals surface area (Å²) in [4.78, 5) is 28.3. The third-order valence-electron chi connectivity index (χ3n) is 5.97. The molecule has 2 atom stereocenters. The van der Waals surface area contributed by atoms with Gasteiger partial charge >= 0.3 is 6.03 Å². The number of rotatable bonds is 4. The van der Waals surface area contributed by atoms with Gasteiger partial charge in [0.15, 0.2) is 5.78 Å². The number of Topliss-reactive ketones (excluding diaryl/α,β-unsaturated/α-hetero) is 1. The molecule has 0 saturated carbocycles. The summed E-state index contributed by atoms with van der Waals surface area (Å²) in [7, 11) is 0. The fourth-order valence-corrected chi connectivity index (χ4v) is 4.30. The van der Waals surface area contributed by atoms with Gasteiger partial charge in [-0.25, -0.2) is 4.79 Å². The van der Waals surface area contributed by atoms with Gasteiger partial charge in [0.25, 0.3) is 0 Å². The molecule has 0 unspecified atom stereocenters. The van der Waals surface area contributed by atoms with Crippen LogP contribution >= 0.6 is 0 Å². The van der Waals surface area contributed by atoms with Gasteiger partial charge in [-0.2, -0.15) is 0 Å². The molecule has 6 nitrogen and oxygen atoms in total. The standard InChI is InChI=1S/C22H30N2O4/c1-15(2)13-27-20-5-3-16(4-6-20)18-11-24(12-18)22(26)23-8-7-21-17(10-23)9-19(25)14-28-21/h3-6,15,17-18,21H,7-14H2,1-2H3/t17-,21+/m1/s1. The second-order valence-electron chi connectivity index (χ2n) is 8.75. The molecule has 3 fully saturated rings. The maximum absolute atomic E-state index is 12.8. The average Bonchev–Trinajstić information content (AvgIpc) is 2.65. The van der Waals surface area contributed by atoms with Crippen LogP contribution < -0.4 is 4.74 Å². The number of fused-ring (bicyclic) bond motifs is 1. The van der Waals surface area contributed by atoms with E-state index in [4.69, 9.17) is 9.47 Å². The normalized spacial score (nSPS) is 25.5. The van der Waals surface area contributed by atoms with Crippen LogP contribution in [0.5, 0.6) is 5.75 Å². The van der Waals surface area contributed by atoms with Crippen LogP contribution in [0.25, 0.3) is 0 Å². The smallest absolute Gasteiger partial charge is 0.320 e. The first-order valence-electron chi connectivity index (χ1n) is 10.4. The summed E-state index contributed by atoms with van der Waals surface area (Å²) < 4.78 is 11.4. The number of hydrogen-bond acceptors (Lipinski definition) is 4. The second kappa shape index (κ2) is 8.11. The van der Waals surface area contributed by atoms with Crippen molar-refractivity contribution in [3.63, 3.8) is 0 Å². The van der Waals surface area contributed by atoms with Crippen molar-refractivity contribution in [2.24, 2.45) is 11.8 Å². The summed E-state index contributed by atoms with van der Waals surface area (Å²) >= 11 is 0. The number of carbonyl (C=O) groups is 2. The van der Waals surface area contributed by atoms with Crippen molar-refractivity contribution in [3.05, 3.63) is 29.8 Å². The van der Waals surface area contributed by atoms with Gasteiger partial charge < -0.3 is 19.3 Å². The summed E-state index contributed by atoms with van der Waals surface area (Å²) in [6.07, 6.45) is 1.52. The number of carbonyl (C=O) groups excluding carboxylic acids is 2. The molecule has 3 aliphatic heterocycles. The van der Waals surface area contributed by atoms with Gasteiger partial charge in [-0.05, 0) is 30.0 Å². The molecule has 3 saturated heterocycles. The Morgan fingerprint density at radius 3 is 2.64 bits per heavy atom. The molecule has 0 N–H and O–H groups in total. The predicted molar refractivity (Wildman–Crippen MR) is 106 cm³/mol. The maximum atomic E-state index is 12.8. The van der Waals surface area contributed by atoms with E-state index in [9.17, 15) is 9.59 Å². The van der Waals surface area contributed by atoms with Crippen LogP contribution in [0, 0.1) is 11.8 Å². The first-order chi connectivity index (χ1) is 13.5. The SMILES string of the molecule is CC(C)COc1ccc(C2CN(C(=O)N3CC[C@@H]4OCC(=O)C[C@@H]4C3)C2)cc1. The van der Waals surface area contributed by atoms with Crippen LogP contribution in [0.4, 0.5) is 4.79 Å². The Hall–Kier alpha value is -2.08. The van der Waals surface area contributed by atoms with E-state index in [0.717, 1.165) is 38.4 Å². The minimum Gasteiger partial charge on any atom is -0.493 e. The molecule has 0 aliphatic carbocycles. The van der Waals surface area contributed by atoms with Gasteiger partial charge in [0.05, 0.1) is 12.7 Å². The summed E-state index contributed by atoms with van der Waals surface area (Å²) in [5, 5.41) is 0. The van der Waals surface area contributed by atoms with E-state index in [-0.39, 0.29) is 30.4 Å². The molecule has 28 heavy (non-hydrogen) atoms. The van der Waals surface area contributed by atoms with E-state index in [0.29, 0.717) is 24.8 Å². The molecule has 3 aliphatic rings. The molecule has 1 aromatic rings. The molecule has 2 amide bonds. The number of piperidine rings is 1. The zero-order valence-corrected chi connectivity index (χ0v) is 16.8. The van der Waals surface area contributed by atoms with Gasteiger partial charge in [-0.15, -0.1) is 0 Å². The lowest BCUT2D eigenvalue weighted by atomic mass is 9.87. The number of benzene rings is 1. The van der Waals surface area contributed by atoms with Crippen LogP contribution in [0.2, 0.25) is 0 Å². The van der Waals surface area contributed by atoms with Crippen LogP contribution in [0.1, 0.15) is 38.2 Å². The lowest BCUT2D eigenvalue weighted by Gasteiger charge is -2.46. The quantitative estimate of drug-likeness (QED) is 0.798. The van der Waals surface area contributed by atoms with E-state index >= 15 is 0 Å². The highest BCUT2D eigenvalue weighted by atomic mass is 16.5. The van der Waals surface area contributed by atoms with E-state index in [1.807, 2.05) is 21.9 Å². The predicted octanol–water partition coefficient (Wildman–Crippen LogP) is 2.92. The average molecular weight is 386 g/mol. The van der Waals surface area contributed by atoms with Crippen LogP contribution in [0.15, 0.2) is 24.3 Å². The first kappa shape index (κ1) is 19.2. The molecule has 4 rings (SSSR count). The molecule has 3 heterocycles. The van der Waals surface area contributed by atoms with Crippen LogP contribution in [-0.4, -0.2) is 67.1 Å². The Labute approximate surface area is 166 Å². The molecule has 0 spiro atoms. The number of hydrogen-bond donors (Lipinski definition) is 0. The molecular weight excluding hydrogens is 356 g/mol. The van der Waals surface area contributed by atoms with E-state index < -0.39 is 0 Å².